The second kappa shape index (κ2) is 4.69. The second-order valence-electron chi connectivity index (χ2n) is 4.64. The molecule has 0 aliphatic rings. The zero-order valence-corrected chi connectivity index (χ0v) is 10.7. The molecule has 0 saturated heterocycles. The number of carbonyl (C=O) groups is 1. The molecule has 3 nitrogen and oxygen atoms in total. The lowest BCUT2D eigenvalue weighted by molar-refractivity contribution is -0.116. The van der Waals surface area contributed by atoms with Crippen molar-refractivity contribution in [1.29, 1.82) is 0 Å². The zero-order chi connectivity index (χ0) is 13.2. The molecule has 3 rings (SSSR count). The highest BCUT2D eigenvalue weighted by Gasteiger charge is 2.04. The molecule has 0 fully saturated rings. The van der Waals surface area contributed by atoms with Gasteiger partial charge >= 0.3 is 0 Å². The van der Waals surface area contributed by atoms with E-state index in [1.54, 1.807) is 13.1 Å². The summed E-state index contributed by atoms with van der Waals surface area (Å²) in [7, 11) is 0. The minimum Gasteiger partial charge on any atom is -0.300 e. The fourth-order valence-electron chi connectivity index (χ4n) is 2.26. The molecule has 2 aromatic heterocycles. The number of carbonyl (C=O) groups excluding carboxylic acids is 1. The highest BCUT2D eigenvalue weighted by atomic mass is 16.1. The third-order valence-corrected chi connectivity index (χ3v) is 3.13. The fraction of sp³-hybridized carbons (Fsp3) is 0.125. The van der Waals surface area contributed by atoms with Crippen molar-refractivity contribution in [2.75, 3.05) is 0 Å². The largest absolute Gasteiger partial charge is 0.300 e. The molecular weight excluding hydrogens is 236 g/mol. The average Bonchev–Trinajstić information content (AvgIpc) is 2.87. The Morgan fingerprint density at radius 1 is 1.16 bits per heavy atom. The van der Waals surface area contributed by atoms with Crippen molar-refractivity contribution < 1.29 is 4.79 Å². The first-order valence-corrected chi connectivity index (χ1v) is 6.25. The lowest BCUT2D eigenvalue weighted by atomic mass is 10.1. The van der Waals surface area contributed by atoms with Crippen molar-refractivity contribution in [3.05, 3.63) is 60.4 Å². The topological polar surface area (TPSA) is 34.4 Å². The van der Waals surface area contributed by atoms with Gasteiger partial charge in [-0.3, -0.25) is 9.20 Å². The van der Waals surface area contributed by atoms with Gasteiger partial charge in [0.05, 0.1) is 5.69 Å². The van der Waals surface area contributed by atoms with Gasteiger partial charge in [0.25, 0.3) is 0 Å². The van der Waals surface area contributed by atoms with Gasteiger partial charge in [-0.15, -0.1) is 0 Å². The van der Waals surface area contributed by atoms with Crippen molar-refractivity contribution in [2.24, 2.45) is 0 Å². The number of aromatic nitrogens is 2. The Kier molecular flexibility index (Phi) is 2.88. The molecular formula is C16H14N2O. The molecule has 19 heavy (non-hydrogen) atoms. The van der Waals surface area contributed by atoms with E-state index in [0.29, 0.717) is 6.42 Å². The maximum absolute atomic E-state index is 11.1. The van der Waals surface area contributed by atoms with E-state index in [0.717, 1.165) is 22.5 Å². The van der Waals surface area contributed by atoms with Crippen LogP contribution in [-0.2, 0) is 11.2 Å². The second-order valence-corrected chi connectivity index (χ2v) is 4.64. The van der Waals surface area contributed by atoms with Crippen LogP contribution < -0.4 is 0 Å². The number of benzene rings is 1. The summed E-state index contributed by atoms with van der Waals surface area (Å²) in [6.45, 7) is 1.61. The number of rotatable bonds is 3. The van der Waals surface area contributed by atoms with Crippen molar-refractivity contribution in [2.45, 2.75) is 13.3 Å². The number of imidazole rings is 1. The number of nitrogens with zero attached hydrogens (tertiary/aromatic N) is 2. The van der Waals surface area contributed by atoms with Crippen LogP contribution in [0.3, 0.4) is 0 Å². The zero-order valence-electron chi connectivity index (χ0n) is 10.7. The smallest absolute Gasteiger partial charge is 0.137 e. The first-order valence-electron chi connectivity index (χ1n) is 6.25. The molecule has 0 unspecified atom stereocenters. The number of Topliss-reactive ketones (excluding diaryl/α,β-unsaturated/α-hetero) is 1. The molecule has 0 amide bonds. The highest BCUT2D eigenvalue weighted by molar-refractivity contribution is 5.78. The molecule has 0 radical (unpaired) electrons. The first-order chi connectivity index (χ1) is 9.24. The van der Waals surface area contributed by atoms with Crippen molar-refractivity contribution in [1.82, 2.24) is 9.38 Å². The van der Waals surface area contributed by atoms with Crippen molar-refractivity contribution >= 4 is 11.4 Å². The Balaban J connectivity index is 2.02. The minimum atomic E-state index is 0.185. The van der Waals surface area contributed by atoms with E-state index in [1.165, 1.54) is 0 Å². The molecule has 0 aliphatic carbocycles. The van der Waals surface area contributed by atoms with Gasteiger partial charge in [0.1, 0.15) is 11.4 Å². The van der Waals surface area contributed by atoms with E-state index < -0.39 is 0 Å². The van der Waals surface area contributed by atoms with Crippen molar-refractivity contribution in [3.63, 3.8) is 0 Å². The molecule has 0 bridgehead atoms. The third kappa shape index (κ3) is 2.27. The van der Waals surface area contributed by atoms with Gasteiger partial charge in [0.2, 0.25) is 0 Å². The summed E-state index contributed by atoms with van der Waals surface area (Å²) >= 11 is 0. The van der Waals surface area contributed by atoms with E-state index >= 15 is 0 Å². The summed E-state index contributed by atoms with van der Waals surface area (Å²) in [4.78, 5) is 15.4. The molecule has 3 aromatic rings. The van der Waals surface area contributed by atoms with Crippen LogP contribution in [-0.4, -0.2) is 15.2 Å². The van der Waals surface area contributed by atoms with Crippen LogP contribution >= 0.6 is 0 Å². The van der Waals surface area contributed by atoms with Crippen LogP contribution in [0.1, 0.15) is 12.5 Å². The van der Waals surface area contributed by atoms with Gasteiger partial charge in [-0.25, -0.2) is 4.98 Å². The lowest BCUT2D eigenvalue weighted by Crippen LogP contribution is -1.96. The van der Waals surface area contributed by atoms with Gasteiger partial charge < -0.3 is 0 Å². The van der Waals surface area contributed by atoms with Crippen LogP contribution in [0.2, 0.25) is 0 Å². The van der Waals surface area contributed by atoms with E-state index in [2.05, 4.69) is 15.5 Å². The van der Waals surface area contributed by atoms with Crippen LogP contribution in [0.4, 0.5) is 0 Å². The standard InChI is InChI=1S/C16H14N2O/c1-12(19)11-13-5-7-14(8-6-13)15-3-2-4-16-17-9-10-18(15)16/h2-10H,11H2,1H3. The van der Waals surface area contributed by atoms with Crippen LogP contribution in [0, 0.1) is 0 Å². The summed E-state index contributed by atoms with van der Waals surface area (Å²) in [5.74, 6) is 0.185. The normalized spacial score (nSPS) is 10.8. The lowest BCUT2D eigenvalue weighted by Gasteiger charge is -2.06. The predicted molar refractivity (Wildman–Crippen MR) is 75.0 cm³/mol. The third-order valence-electron chi connectivity index (χ3n) is 3.13. The van der Waals surface area contributed by atoms with Crippen LogP contribution in [0.15, 0.2) is 54.9 Å². The van der Waals surface area contributed by atoms with E-state index in [4.69, 9.17) is 0 Å². The van der Waals surface area contributed by atoms with Crippen LogP contribution in [0.25, 0.3) is 16.9 Å². The summed E-state index contributed by atoms with van der Waals surface area (Å²) in [5.41, 5.74) is 4.21. The molecule has 0 spiro atoms. The first kappa shape index (κ1) is 11.7. The maximum atomic E-state index is 11.1. The Labute approximate surface area is 111 Å². The molecule has 0 N–H and O–H groups in total. The van der Waals surface area contributed by atoms with E-state index in [1.807, 2.05) is 42.6 Å². The summed E-state index contributed by atoms with van der Waals surface area (Å²) in [6, 6.07) is 14.2. The number of hydrogen-bond donors (Lipinski definition) is 0. The number of ketones is 1. The van der Waals surface area contributed by atoms with E-state index in [-0.39, 0.29) is 5.78 Å². The molecule has 2 heterocycles. The minimum absolute atomic E-state index is 0.185. The number of hydrogen-bond acceptors (Lipinski definition) is 2. The monoisotopic (exact) mass is 250 g/mol. The molecule has 0 saturated carbocycles. The van der Waals surface area contributed by atoms with E-state index in [9.17, 15) is 4.79 Å². The maximum Gasteiger partial charge on any atom is 0.137 e. The molecule has 1 aromatic carbocycles. The molecule has 94 valence electrons. The number of fused-ring (bicyclic) bond motifs is 1. The van der Waals surface area contributed by atoms with Crippen molar-refractivity contribution in [3.8, 4) is 11.3 Å². The summed E-state index contributed by atoms with van der Waals surface area (Å²) in [5, 5.41) is 0. The Morgan fingerprint density at radius 2 is 1.95 bits per heavy atom. The Hall–Kier alpha value is -2.42. The summed E-state index contributed by atoms with van der Waals surface area (Å²) in [6.07, 6.45) is 4.24. The SMILES string of the molecule is CC(=O)Cc1ccc(-c2cccc3nccn23)cc1. The van der Waals surface area contributed by atoms with Gasteiger partial charge in [-0.1, -0.05) is 30.3 Å². The fourth-order valence-corrected chi connectivity index (χ4v) is 2.26. The average molecular weight is 250 g/mol. The quantitative estimate of drug-likeness (QED) is 0.715. The van der Waals surface area contributed by atoms with Gasteiger partial charge in [0, 0.05) is 18.8 Å². The Bertz CT molecular complexity index is 726. The predicted octanol–water partition coefficient (Wildman–Crippen LogP) is 3.13. The number of pyridine rings is 1. The molecule has 3 heteroatoms. The van der Waals surface area contributed by atoms with Gasteiger partial charge in [0.15, 0.2) is 0 Å². The Morgan fingerprint density at radius 3 is 2.68 bits per heavy atom. The van der Waals surface area contributed by atoms with Gasteiger partial charge in [-0.05, 0) is 30.2 Å². The highest BCUT2D eigenvalue weighted by Crippen LogP contribution is 2.21. The van der Waals surface area contributed by atoms with Crippen LogP contribution in [0.5, 0.6) is 0 Å². The molecule has 0 aliphatic heterocycles. The van der Waals surface area contributed by atoms with Gasteiger partial charge in [-0.2, -0.15) is 0 Å². The summed E-state index contributed by atoms with van der Waals surface area (Å²) < 4.78 is 2.06. The molecule has 0 atom stereocenters.